The maximum absolute atomic E-state index is 11.1. The molecule has 0 unspecified atom stereocenters. The Kier molecular flexibility index (Phi) is 3.54. The van der Waals surface area contributed by atoms with Gasteiger partial charge < -0.3 is 4.74 Å². The molecule has 0 atom stereocenters. The summed E-state index contributed by atoms with van der Waals surface area (Å²) in [4.78, 5) is 22.2. The quantitative estimate of drug-likeness (QED) is 0.530. The van der Waals surface area contributed by atoms with Gasteiger partial charge in [-0.25, -0.2) is 4.68 Å². The second-order valence-corrected chi connectivity index (χ2v) is 3.04. The van der Waals surface area contributed by atoms with Gasteiger partial charge in [0, 0.05) is 6.92 Å². The molecule has 15 heavy (non-hydrogen) atoms. The Labute approximate surface area is 87.2 Å². The van der Waals surface area contributed by atoms with Crippen LogP contribution < -0.4 is 0 Å². The van der Waals surface area contributed by atoms with E-state index in [4.69, 9.17) is 4.74 Å². The van der Waals surface area contributed by atoms with Crippen molar-refractivity contribution in [3.8, 4) is 0 Å². The summed E-state index contributed by atoms with van der Waals surface area (Å²) in [6, 6.07) is 0. The van der Waals surface area contributed by atoms with Crippen LogP contribution in [-0.2, 0) is 16.1 Å². The first-order chi connectivity index (χ1) is 7.06. The lowest BCUT2D eigenvalue weighted by Crippen LogP contribution is -2.15. The van der Waals surface area contributed by atoms with Crippen molar-refractivity contribution in [2.24, 2.45) is 0 Å². The fourth-order valence-electron chi connectivity index (χ4n) is 1.16. The predicted molar refractivity (Wildman–Crippen MR) is 51.4 cm³/mol. The van der Waals surface area contributed by atoms with Crippen molar-refractivity contribution in [3.05, 3.63) is 11.4 Å². The summed E-state index contributed by atoms with van der Waals surface area (Å²) in [6.07, 6.45) is 0. The number of ketones is 1. The summed E-state index contributed by atoms with van der Waals surface area (Å²) in [5.41, 5.74) is 0.870. The molecule has 1 heterocycles. The SMILES string of the molecule is CCOC(=O)Cn1nnc(C(C)=O)c1C. The van der Waals surface area contributed by atoms with Crippen molar-refractivity contribution < 1.29 is 14.3 Å². The second kappa shape index (κ2) is 4.68. The molecule has 6 nitrogen and oxygen atoms in total. The van der Waals surface area contributed by atoms with Crippen molar-refractivity contribution in [2.75, 3.05) is 6.61 Å². The van der Waals surface area contributed by atoms with Gasteiger partial charge in [-0.15, -0.1) is 5.10 Å². The highest BCUT2D eigenvalue weighted by atomic mass is 16.5. The van der Waals surface area contributed by atoms with E-state index in [1.165, 1.54) is 11.6 Å². The number of rotatable bonds is 4. The number of aromatic nitrogens is 3. The highest BCUT2D eigenvalue weighted by molar-refractivity contribution is 5.93. The first kappa shape index (κ1) is 11.4. The summed E-state index contributed by atoms with van der Waals surface area (Å²) < 4.78 is 6.11. The molecule has 1 aromatic rings. The van der Waals surface area contributed by atoms with Crippen molar-refractivity contribution in [2.45, 2.75) is 27.3 Å². The third-order valence-electron chi connectivity index (χ3n) is 1.90. The fraction of sp³-hybridized carbons (Fsp3) is 0.556. The lowest BCUT2D eigenvalue weighted by Gasteiger charge is -2.02. The van der Waals surface area contributed by atoms with E-state index in [1.807, 2.05) is 0 Å². The largest absolute Gasteiger partial charge is 0.465 e. The maximum Gasteiger partial charge on any atom is 0.327 e. The highest BCUT2D eigenvalue weighted by Gasteiger charge is 2.14. The molecule has 0 saturated heterocycles. The van der Waals surface area contributed by atoms with Crippen LogP contribution in [0.15, 0.2) is 0 Å². The van der Waals surface area contributed by atoms with Crippen molar-refractivity contribution in [1.82, 2.24) is 15.0 Å². The number of Topliss-reactive ketones (excluding diaryl/α,β-unsaturated/α-hetero) is 1. The lowest BCUT2D eigenvalue weighted by atomic mass is 10.2. The molecule has 82 valence electrons. The standard InChI is InChI=1S/C9H13N3O3/c1-4-15-8(14)5-12-6(2)9(7(3)13)10-11-12/h4-5H2,1-3H3. The minimum Gasteiger partial charge on any atom is -0.465 e. The molecule has 0 saturated carbocycles. The number of esters is 1. The Morgan fingerprint density at radius 1 is 1.47 bits per heavy atom. The zero-order valence-electron chi connectivity index (χ0n) is 8.98. The van der Waals surface area contributed by atoms with Crippen LogP contribution in [0.1, 0.15) is 30.0 Å². The van der Waals surface area contributed by atoms with Crippen LogP contribution in [0.3, 0.4) is 0 Å². The van der Waals surface area contributed by atoms with Gasteiger partial charge in [0.15, 0.2) is 11.5 Å². The number of hydrogen-bond donors (Lipinski definition) is 0. The van der Waals surface area contributed by atoms with Gasteiger partial charge >= 0.3 is 5.97 Å². The van der Waals surface area contributed by atoms with E-state index >= 15 is 0 Å². The van der Waals surface area contributed by atoms with Crippen LogP contribution in [0.25, 0.3) is 0 Å². The zero-order valence-corrected chi connectivity index (χ0v) is 8.98. The summed E-state index contributed by atoms with van der Waals surface area (Å²) in [5.74, 6) is -0.553. The van der Waals surface area contributed by atoms with E-state index in [1.54, 1.807) is 13.8 Å². The van der Waals surface area contributed by atoms with Gasteiger partial charge in [0.2, 0.25) is 0 Å². The maximum atomic E-state index is 11.1. The number of ether oxygens (including phenoxy) is 1. The molecule has 1 aromatic heterocycles. The molecule has 0 amide bonds. The summed E-state index contributed by atoms with van der Waals surface area (Å²) in [7, 11) is 0. The van der Waals surface area contributed by atoms with Gasteiger partial charge in [0.25, 0.3) is 0 Å². The molecule has 1 rings (SSSR count). The van der Waals surface area contributed by atoms with Gasteiger partial charge in [-0.3, -0.25) is 9.59 Å². The van der Waals surface area contributed by atoms with Crippen LogP contribution in [0, 0.1) is 6.92 Å². The Bertz CT molecular complexity index is 384. The number of carbonyl (C=O) groups is 2. The van der Waals surface area contributed by atoms with Crippen LogP contribution >= 0.6 is 0 Å². The van der Waals surface area contributed by atoms with Gasteiger partial charge in [-0.1, -0.05) is 5.21 Å². The molecular weight excluding hydrogens is 198 g/mol. The first-order valence-corrected chi connectivity index (χ1v) is 4.63. The van der Waals surface area contributed by atoms with E-state index in [9.17, 15) is 9.59 Å². The molecule has 0 aromatic carbocycles. The molecule has 0 aliphatic heterocycles. The summed E-state index contributed by atoms with van der Waals surface area (Å²) in [6.45, 7) is 5.14. The third kappa shape index (κ3) is 2.61. The smallest absolute Gasteiger partial charge is 0.327 e. The molecule has 0 bridgehead atoms. The molecule has 0 radical (unpaired) electrons. The molecule has 0 aliphatic rings. The zero-order chi connectivity index (χ0) is 11.4. The number of nitrogens with zero attached hydrogens (tertiary/aromatic N) is 3. The number of carbonyl (C=O) groups excluding carboxylic acids is 2. The van der Waals surface area contributed by atoms with E-state index < -0.39 is 0 Å². The topological polar surface area (TPSA) is 74.1 Å². The van der Waals surface area contributed by atoms with E-state index in [0.717, 1.165) is 0 Å². The predicted octanol–water partition coefficient (Wildman–Crippen LogP) is 0.352. The van der Waals surface area contributed by atoms with Crippen molar-refractivity contribution >= 4 is 11.8 Å². The van der Waals surface area contributed by atoms with Gasteiger partial charge in [0.1, 0.15) is 6.54 Å². The summed E-state index contributed by atoms with van der Waals surface area (Å²) >= 11 is 0. The molecule has 0 spiro atoms. The van der Waals surface area contributed by atoms with E-state index in [2.05, 4.69) is 10.3 Å². The Hall–Kier alpha value is -1.72. The average molecular weight is 211 g/mol. The molecule has 0 aliphatic carbocycles. The van der Waals surface area contributed by atoms with Crippen LogP contribution in [0.2, 0.25) is 0 Å². The van der Waals surface area contributed by atoms with Gasteiger partial charge in [0.05, 0.1) is 12.3 Å². The Morgan fingerprint density at radius 3 is 2.60 bits per heavy atom. The van der Waals surface area contributed by atoms with Gasteiger partial charge in [-0.2, -0.15) is 0 Å². The normalized spacial score (nSPS) is 10.1. The molecule has 0 N–H and O–H groups in total. The molecular formula is C9H13N3O3. The van der Waals surface area contributed by atoms with E-state index in [-0.39, 0.29) is 18.3 Å². The third-order valence-corrected chi connectivity index (χ3v) is 1.90. The summed E-state index contributed by atoms with van der Waals surface area (Å²) in [5, 5.41) is 7.39. The lowest BCUT2D eigenvalue weighted by molar-refractivity contribution is -0.144. The minimum absolute atomic E-state index is 0.0139. The van der Waals surface area contributed by atoms with Crippen LogP contribution in [-0.4, -0.2) is 33.4 Å². The first-order valence-electron chi connectivity index (χ1n) is 4.63. The van der Waals surface area contributed by atoms with Crippen molar-refractivity contribution in [3.63, 3.8) is 0 Å². The van der Waals surface area contributed by atoms with Crippen LogP contribution in [0.5, 0.6) is 0 Å². The van der Waals surface area contributed by atoms with Crippen molar-refractivity contribution in [1.29, 1.82) is 0 Å². The monoisotopic (exact) mass is 211 g/mol. The average Bonchev–Trinajstić information content (AvgIpc) is 2.48. The second-order valence-electron chi connectivity index (χ2n) is 3.04. The highest BCUT2D eigenvalue weighted by Crippen LogP contribution is 2.04. The van der Waals surface area contributed by atoms with Gasteiger partial charge in [-0.05, 0) is 13.8 Å². The molecule has 6 heteroatoms. The Balaban J connectivity index is 2.79. The Morgan fingerprint density at radius 2 is 2.13 bits per heavy atom. The van der Waals surface area contributed by atoms with E-state index in [0.29, 0.717) is 18.0 Å². The molecule has 0 fully saturated rings. The minimum atomic E-state index is -0.388. The number of hydrogen-bond acceptors (Lipinski definition) is 5. The fourth-order valence-corrected chi connectivity index (χ4v) is 1.16. The van der Waals surface area contributed by atoms with Crippen LogP contribution in [0.4, 0.5) is 0 Å².